The van der Waals surface area contributed by atoms with E-state index in [-0.39, 0.29) is 33.4 Å². The number of nitrogens with one attached hydrogen (secondary N) is 2. The molecular formula is C132H216N4O5. The van der Waals surface area contributed by atoms with Crippen LogP contribution in [0.2, 0.25) is 0 Å². The summed E-state index contributed by atoms with van der Waals surface area (Å²) in [5.41, 5.74) is 20.7. The standard InChI is InChI=1S/C26H18N4.C25H18.C13H12.C6H6.5C5H12O.3C5H12.11C2H6/c1-3-7-17(8-4-1)25-27-21-13-11-19(15-23(21)29-25)20-12-14-22-24(16-20)30-26(28-22)18-9-5-2-6-10-18;1-3-11-19(12-4-1)25(20-13-5-2-6-14-20)23-17-9-7-15-21(23)22-16-8-10-18-24(22)25;1-3-7-12(8-4-1)11-13-9-5-2-6-10-13;1-2-4-6-5-3-1;5*1-5(2,3)6-4;3*1-5(2,3)4;11*1-2/h1-16H,(H,27,29)(H,28,30);1-18H;1-10H,11H2;1-6H;5*1-4H3;3*1-4H3;11*1-2H3. The molecule has 2 heterocycles. The first-order valence-electron chi connectivity index (χ1n) is 52.8. The molecule has 2 aromatic heterocycles. The van der Waals surface area contributed by atoms with E-state index in [1.807, 2.05) is 329 Å². The average Bonchev–Trinajstić information content (AvgIpc) is 1.54. The van der Waals surface area contributed by atoms with Crippen LogP contribution in [0.15, 0.2) is 303 Å². The zero-order valence-electron chi connectivity index (χ0n) is 101. The van der Waals surface area contributed by atoms with E-state index in [1.54, 1.807) is 35.5 Å². The maximum Gasteiger partial charge on any atom is 0.138 e. The Hall–Kier alpha value is -9.84. The van der Waals surface area contributed by atoms with Crippen molar-refractivity contribution in [2.75, 3.05) is 35.5 Å². The van der Waals surface area contributed by atoms with Gasteiger partial charge in [0.15, 0.2) is 0 Å². The van der Waals surface area contributed by atoms with Crippen LogP contribution in [0.3, 0.4) is 0 Å². The number of imidazole rings is 2. The number of benzene rings is 11. The monoisotopic (exact) mass is 1940 g/mol. The second-order valence-corrected chi connectivity index (χ2v) is 38.8. The lowest BCUT2D eigenvalue weighted by Crippen LogP contribution is -2.28. The first-order chi connectivity index (χ1) is 66.5. The quantitative estimate of drug-likeness (QED) is 0.164. The van der Waals surface area contributed by atoms with Crippen LogP contribution in [0.5, 0.6) is 0 Å². The van der Waals surface area contributed by atoms with Gasteiger partial charge in [-0.2, -0.15) is 0 Å². The molecule has 0 saturated heterocycles. The van der Waals surface area contributed by atoms with Crippen molar-refractivity contribution in [3.05, 3.63) is 337 Å². The Labute approximate surface area is 872 Å². The van der Waals surface area contributed by atoms with Gasteiger partial charge in [0.2, 0.25) is 0 Å². The summed E-state index contributed by atoms with van der Waals surface area (Å²) < 4.78 is 24.7. The van der Waals surface area contributed by atoms with Crippen LogP contribution in [-0.4, -0.2) is 83.5 Å². The third-order valence-corrected chi connectivity index (χ3v) is 16.6. The van der Waals surface area contributed by atoms with E-state index in [2.05, 4.69) is 324 Å². The molecule has 141 heavy (non-hydrogen) atoms. The molecule has 0 fully saturated rings. The number of H-pyrrole nitrogens is 2. The van der Waals surface area contributed by atoms with Crippen LogP contribution < -0.4 is 0 Å². The molecule has 14 rings (SSSR count). The zero-order valence-corrected chi connectivity index (χ0v) is 101. The Balaban J connectivity index is -0.000000202. The third kappa shape index (κ3) is 76.5. The van der Waals surface area contributed by atoms with Crippen molar-refractivity contribution in [3.8, 4) is 45.0 Å². The predicted octanol–water partition coefficient (Wildman–Crippen LogP) is 42.1. The Bertz CT molecular complexity index is 4420. The maximum absolute atomic E-state index is 4.94. The molecule has 0 spiro atoms. The summed E-state index contributed by atoms with van der Waals surface area (Å²) >= 11 is 0. The minimum Gasteiger partial charge on any atom is -0.379 e. The van der Waals surface area contributed by atoms with Crippen molar-refractivity contribution in [2.45, 2.75) is 379 Å². The molecule has 0 bridgehead atoms. The topological polar surface area (TPSA) is 104 Å². The van der Waals surface area contributed by atoms with Crippen LogP contribution in [0.4, 0.5) is 0 Å². The van der Waals surface area contributed by atoms with E-state index in [4.69, 9.17) is 33.7 Å². The number of methoxy groups -OCH3 is 5. The average molecular weight is 1940 g/mol. The SMILES string of the molecule is CC.CC.CC.CC.CC.CC.CC.CC.CC.CC.CC.CC(C)(C)C.CC(C)(C)C.CC(C)(C)C.COC(C)(C)C.COC(C)(C)C.COC(C)(C)C.COC(C)(C)C.COC(C)(C)C.c1ccc(-c2nc3ccc(-c4ccc5nc(-c6ccccc6)[nH]c5c4)cc3[nH]2)cc1.c1ccc(C2(c3ccccc3)c3ccccc3-c3ccccc32)cc1.c1ccc(Cc2ccccc2)cc1.c1ccccc1. The Morgan fingerprint density at radius 3 is 0.582 bits per heavy atom. The summed E-state index contributed by atoms with van der Waals surface area (Å²) in [4.78, 5) is 16.4. The van der Waals surface area contributed by atoms with Crippen LogP contribution in [0, 0.1) is 16.2 Å². The summed E-state index contributed by atoms with van der Waals surface area (Å²) in [5, 5.41) is 0. The van der Waals surface area contributed by atoms with E-state index >= 15 is 0 Å². The molecule has 0 radical (unpaired) electrons. The van der Waals surface area contributed by atoms with Crippen molar-refractivity contribution in [1.82, 2.24) is 19.9 Å². The van der Waals surface area contributed by atoms with Gasteiger partial charge in [0.05, 0.1) is 55.5 Å². The summed E-state index contributed by atoms with van der Waals surface area (Å²) in [5.74, 6) is 1.78. The van der Waals surface area contributed by atoms with Crippen LogP contribution in [-0.2, 0) is 35.5 Å². The number of hydrogen-bond acceptors (Lipinski definition) is 7. The van der Waals surface area contributed by atoms with Crippen molar-refractivity contribution in [3.63, 3.8) is 0 Å². The molecule has 11 aromatic carbocycles. The number of nitrogens with zero attached hydrogens (tertiary/aromatic N) is 2. The molecule has 9 heteroatoms. The molecule has 0 aliphatic heterocycles. The van der Waals surface area contributed by atoms with Gasteiger partial charge in [-0.15, -0.1) is 0 Å². The Kier molecular flexibility index (Phi) is 91.7. The van der Waals surface area contributed by atoms with E-state index in [0.29, 0.717) is 16.2 Å². The molecule has 13 aromatic rings. The fourth-order valence-electron chi connectivity index (χ4n) is 10.1. The minimum absolute atomic E-state index is 0.0417. The Morgan fingerprint density at radius 2 is 0.383 bits per heavy atom. The van der Waals surface area contributed by atoms with Gasteiger partial charge >= 0.3 is 0 Å². The van der Waals surface area contributed by atoms with Gasteiger partial charge in [0.1, 0.15) is 11.6 Å². The second-order valence-electron chi connectivity index (χ2n) is 38.8. The van der Waals surface area contributed by atoms with Crippen molar-refractivity contribution in [1.29, 1.82) is 0 Å². The predicted molar refractivity (Wildman–Crippen MR) is 642 cm³/mol. The first-order valence-corrected chi connectivity index (χ1v) is 52.8. The number of aromatic amines is 2. The summed E-state index contributed by atoms with van der Waals surface area (Å²) in [6.07, 6.45) is 1.03. The van der Waals surface area contributed by atoms with Gasteiger partial charge in [0, 0.05) is 46.7 Å². The lowest BCUT2D eigenvalue weighted by atomic mass is 9.68. The lowest BCUT2D eigenvalue weighted by Gasteiger charge is -2.33. The van der Waals surface area contributed by atoms with Crippen molar-refractivity contribution >= 4 is 22.1 Å². The fraction of sp³-hybridized carbons (Fsp3) is 0.485. The first kappa shape index (κ1) is 149. The van der Waals surface area contributed by atoms with Gasteiger partial charge < -0.3 is 33.7 Å². The van der Waals surface area contributed by atoms with Crippen LogP contribution >= 0.6 is 0 Å². The zero-order chi connectivity index (χ0) is 111. The smallest absolute Gasteiger partial charge is 0.138 e. The normalized spacial score (nSPS) is 10.4. The molecule has 1 aliphatic rings. The molecule has 0 saturated carbocycles. The van der Waals surface area contributed by atoms with Crippen LogP contribution in [0.25, 0.3) is 67.1 Å². The number of ether oxygens (including phenoxy) is 5. The molecule has 1 aliphatic carbocycles. The van der Waals surface area contributed by atoms with E-state index in [9.17, 15) is 0 Å². The Morgan fingerprint density at radius 1 is 0.213 bits per heavy atom. The van der Waals surface area contributed by atoms with Gasteiger partial charge in [-0.1, -0.05) is 514 Å². The highest BCUT2D eigenvalue weighted by Gasteiger charge is 2.45. The summed E-state index contributed by atoms with van der Waals surface area (Å²) in [6, 6.07) is 106. The van der Waals surface area contributed by atoms with Crippen molar-refractivity contribution in [2.24, 2.45) is 16.2 Å². The second kappa shape index (κ2) is 86.8. The maximum atomic E-state index is 4.94. The van der Waals surface area contributed by atoms with E-state index < -0.39 is 0 Å². The number of hydrogen-bond donors (Lipinski definition) is 2. The van der Waals surface area contributed by atoms with Crippen molar-refractivity contribution < 1.29 is 23.7 Å². The third-order valence-electron chi connectivity index (χ3n) is 16.6. The van der Waals surface area contributed by atoms with Gasteiger partial charge in [-0.3, -0.25) is 0 Å². The van der Waals surface area contributed by atoms with Crippen LogP contribution in [0.1, 0.15) is 373 Å². The largest absolute Gasteiger partial charge is 0.379 e. The molecule has 2 N–H and O–H groups in total. The number of fused-ring (bicyclic) bond motifs is 5. The highest BCUT2D eigenvalue weighted by atomic mass is 16.5. The molecule has 0 unspecified atom stereocenters. The van der Waals surface area contributed by atoms with E-state index in [1.165, 1.54) is 44.5 Å². The molecular weight excluding hydrogens is 1720 g/mol. The molecule has 9 nitrogen and oxygen atoms in total. The summed E-state index contributed by atoms with van der Waals surface area (Å²) in [7, 11) is 8.54. The van der Waals surface area contributed by atoms with Gasteiger partial charge in [0.25, 0.3) is 0 Å². The number of rotatable bonds is 7. The summed E-state index contributed by atoms with van der Waals surface area (Å²) in [6.45, 7) is 101. The van der Waals surface area contributed by atoms with Gasteiger partial charge in [-0.25, -0.2) is 9.97 Å². The molecule has 0 amide bonds. The van der Waals surface area contributed by atoms with Gasteiger partial charge in [-0.05, 0) is 206 Å². The van der Waals surface area contributed by atoms with E-state index in [0.717, 1.165) is 62.4 Å². The minimum atomic E-state index is -0.254. The molecule has 794 valence electrons. The molecule has 0 atom stereocenters. The lowest BCUT2D eigenvalue weighted by molar-refractivity contribution is 0.0394. The number of aromatic nitrogens is 4. The fourth-order valence-corrected chi connectivity index (χ4v) is 10.1. The highest BCUT2D eigenvalue weighted by molar-refractivity contribution is 5.89. The highest BCUT2D eigenvalue weighted by Crippen LogP contribution is 2.56.